The van der Waals surface area contributed by atoms with Gasteiger partial charge in [-0.25, -0.2) is 4.98 Å². The molecule has 0 amide bonds. The number of hydrogen-bond donors (Lipinski definition) is 1. The molecule has 23 heavy (non-hydrogen) atoms. The van der Waals surface area contributed by atoms with Gasteiger partial charge < -0.3 is 9.62 Å². The molecule has 1 aromatic heterocycles. The van der Waals surface area contributed by atoms with E-state index in [-0.39, 0.29) is 0 Å². The predicted octanol–water partition coefficient (Wildman–Crippen LogP) is 4.82. The second-order valence-electron chi connectivity index (χ2n) is 5.62. The van der Waals surface area contributed by atoms with Crippen LogP contribution in [-0.2, 0) is 0 Å². The Bertz CT molecular complexity index is 623. The molecular weight excluding hydrogens is 344 g/mol. The quantitative estimate of drug-likeness (QED) is 0.738. The van der Waals surface area contributed by atoms with E-state index in [1.807, 2.05) is 20.3 Å². The van der Waals surface area contributed by atoms with Crippen molar-refractivity contribution in [1.82, 2.24) is 9.29 Å². The van der Waals surface area contributed by atoms with Gasteiger partial charge in [0.15, 0.2) is 4.34 Å². The summed E-state index contributed by atoms with van der Waals surface area (Å²) in [5, 5.41) is 0. The van der Waals surface area contributed by atoms with Gasteiger partial charge in [0, 0.05) is 13.1 Å². The Morgan fingerprint density at radius 1 is 1.17 bits per heavy atom. The van der Waals surface area contributed by atoms with Gasteiger partial charge >= 0.3 is 0 Å². The van der Waals surface area contributed by atoms with Crippen molar-refractivity contribution in [2.75, 3.05) is 36.8 Å². The normalized spacial score (nSPS) is 15.2. The van der Waals surface area contributed by atoms with E-state index in [1.165, 1.54) is 34.8 Å². The Hall–Kier alpha value is -0.890. The molecule has 1 fully saturated rings. The van der Waals surface area contributed by atoms with Crippen molar-refractivity contribution in [3.05, 3.63) is 30.5 Å². The van der Waals surface area contributed by atoms with Crippen molar-refractivity contribution in [1.29, 1.82) is 0 Å². The number of aromatic nitrogens is 1. The molecule has 1 aromatic carbocycles. The number of rotatable bonds is 6. The van der Waals surface area contributed by atoms with Gasteiger partial charge in [-0.3, -0.25) is 4.31 Å². The van der Waals surface area contributed by atoms with Crippen LogP contribution in [0.3, 0.4) is 0 Å². The van der Waals surface area contributed by atoms with Crippen LogP contribution in [0.1, 0.15) is 19.3 Å². The van der Waals surface area contributed by atoms with E-state index in [2.05, 4.69) is 43.2 Å². The number of nitrogens with zero attached hydrogens (tertiary/aromatic N) is 3. The van der Waals surface area contributed by atoms with E-state index in [9.17, 15) is 0 Å². The van der Waals surface area contributed by atoms with Gasteiger partial charge in [0.25, 0.3) is 0 Å². The molecule has 0 saturated carbocycles. The third-order valence-corrected chi connectivity index (χ3v) is 6.40. The van der Waals surface area contributed by atoms with Crippen LogP contribution in [-0.4, -0.2) is 36.5 Å². The first-order valence-electron chi connectivity index (χ1n) is 7.80. The number of thiazole rings is 1. The van der Waals surface area contributed by atoms with Crippen LogP contribution in [0.4, 0.5) is 11.4 Å². The molecule has 0 unspecified atom stereocenters. The minimum atomic E-state index is 1.07. The fraction of sp³-hybridized carbons (Fsp3) is 0.438. The maximum Gasteiger partial charge on any atom is 0.166 e. The molecular formula is C16H22N4S3. The molecule has 1 aliphatic rings. The van der Waals surface area contributed by atoms with E-state index < -0.39 is 0 Å². The molecule has 2 aromatic rings. The fourth-order valence-corrected chi connectivity index (χ4v) is 5.40. The first-order chi connectivity index (χ1) is 11.2. The zero-order valence-corrected chi connectivity index (χ0v) is 15.9. The third-order valence-electron chi connectivity index (χ3n) is 3.59. The van der Waals surface area contributed by atoms with Crippen LogP contribution >= 0.6 is 35.2 Å². The second kappa shape index (κ2) is 8.28. The Morgan fingerprint density at radius 2 is 1.96 bits per heavy atom. The third kappa shape index (κ3) is 4.79. The van der Waals surface area contributed by atoms with Gasteiger partial charge in [-0.05, 0) is 69.4 Å². The van der Waals surface area contributed by atoms with E-state index in [1.54, 1.807) is 35.2 Å². The van der Waals surface area contributed by atoms with Crippen LogP contribution in [0.25, 0.3) is 0 Å². The lowest BCUT2D eigenvalue weighted by Gasteiger charge is -2.30. The van der Waals surface area contributed by atoms with Crippen molar-refractivity contribution in [3.8, 4) is 0 Å². The minimum Gasteiger partial charge on any atom is -0.370 e. The molecule has 0 aliphatic carbocycles. The molecule has 124 valence electrons. The zero-order valence-electron chi connectivity index (χ0n) is 13.5. The molecule has 4 nitrogen and oxygen atoms in total. The van der Waals surface area contributed by atoms with Crippen LogP contribution in [0.2, 0.25) is 0 Å². The topological polar surface area (TPSA) is 31.4 Å². The first-order valence-corrected chi connectivity index (χ1v) is 10.2. The largest absolute Gasteiger partial charge is 0.370 e. The van der Waals surface area contributed by atoms with Gasteiger partial charge in [-0.2, -0.15) is 0 Å². The first kappa shape index (κ1) is 17.0. The lowest BCUT2D eigenvalue weighted by atomic mass is 10.1. The second-order valence-corrected chi connectivity index (χ2v) is 9.31. The lowest BCUT2D eigenvalue weighted by Crippen LogP contribution is -2.29. The van der Waals surface area contributed by atoms with Crippen LogP contribution in [0.15, 0.2) is 39.0 Å². The van der Waals surface area contributed by atoms with E-state index in [0.717, 1.165) is 17.4 Å². The number of nitrogens with one attached hydrogen (secondary N) is 1. The van der Waals surface area contributed by atoms with Gasteiger partial charge in [0.2, 0.25) is 0 Å². The molecule has 0 spiro atoms. The summed E-state index contributed by atoms with van der Waals surface area (Å²) in [6.45, 7) is 2.32. The number of benzene rings is 1. The maximum absolute atomic E-state index is 4.45. The Balaban J connectivity index is 1.65. The summed E-state index contributed by atoms with van der Waals surface area (Å²) in [6.07, 6.45) is 5.88. The predicted molar refractivity (Wildman–Crippen MR) is 104 cm³/mol. The van der Waals surface area contributed by atoms with Gasteiger partial charge in [-0.15, -0.1) is 0 Å². The zero-order chi connectivity index (χ0) is 16.1. The summed E-state index contributed by atoms with van der Waals surface area (Å²) in [4.78, 5) is 6.94. The Morgan fingerprint density at radius 3 is 2.74 bits per heavy atom. The van der Waals surface area contributed by atoms with Crippen LogP contribution in [0, 0.1) is 0 Å². The highest BCUT2D eigenvalue weighted by atomic mass is 32.2. The molecule has 3 rings (SSSR count). The molecule has 2 heterocycles. The van der Waals surface area contributed by atoms with Crippen molar-refractivity contribution < 1.29 is 0 Å². The Labute approximate surface area is 150 Å². The molecule has 0 atom stereocenters. The highest BCUT2D eigenvalue weighted by molar-refractivity contribution is 8.03. The number of anilines is 2. The maximum atomic E-state index is 4.45. The number of hydrogen-bond acceptors (Lipinski definition) is 7. The Kier molecular flexibility index (Phi) is 6.10. The van der Waals surface area contributed by atoms with E-state index in [0.29, 0.717) is 0 Å². The molecule has 1 aliphatic heterocycles. The number of para-hydroxylation sites is 2. The molecule has 0 bridgehead atoms. The highest BCUT2D eigenvalue weighted by Crippen LogP contribution is 2.35. The highest BCUT2D eigenvalue weighted by Gasteiger charge is 2.14. The summed E-state index contributed by atoms with van der Waals surface area (Å²) in [6, 6.07) is 8.59. The van der Waals surface area contributed by atoms with Gasteiger partial charge in [-0.1, -0.05) is 23.5 Å². The van der Waals surface area contributed by atoms with E-state index in [4.69, 9.17) is 0 Å². The van der Waals surface area contributed by atoms with Crippen LogP contribution < -0.4 is 9.62 Å². The standard InChI is InChI=1S/C16H22N4S3/c1-19(2)23-16-17-12-15(21-16)22-18-13-8-4-5-9-14(13)20-10-6-3-7-11-20/h4-5,8-9,12,18H,3,6-7,10-11H2,1-2H3. The fourth-order valence-electron chi connectivity index (χ4n) is 2.57. The summed E-state index contributed by atoms with van der Waals surface area (Å²) >= 11 is 5.02. The molecule has 0 radical (unpaired) electrons. The summed E-state index contributed by atoms with van der Waals surface area (Å²) in [5.74, 6) is 0. The molecule has 7 heteroatoms. The van der Waals surface area contributed by atoms with Gasteiger partial charge in [0.1, 0.15) is 4.21 Å². The monoisotopic (exact) mass is 366 g/mol. The van der Waals surface area contributed by atoms with Crippen molar-refractivity contribution in [2.45, 2.75) is 27.8 Å². The van der Waals surface area contributed by atoms with Gasteiger partial charge in [0.05, 0.1) is 17.6 Å². The van der Waals surface area contributed by atoms with E-state index >= 15 is 0 Å². The summed E-state index contributed by atoms with van der Waals surface area (Å²) in [7, 11) is 4.07. The van der Waals surface area contributed by atoms with Crippen molar-refractivity contribution >= 4 is 46.6 Å². The average Bonchev–Trinajstić information content (AvgIpc) is 3.01. The summed E-state index contributed by atoms with van der Waals surface area (Å²) in [5.41, 5.74) is 2.50. The van der Waals surface area contributed by atoms with Crippen LogP contribution in [0.5, 0.6) is 0 Å². The number of piperidine rings is 1. The summed E-state index contributed by atoms with van der Waals surface area (Å²) < 4.78 is 7.83. The SMILES string of the molecule is CN(C)Sc1ncc(SNc2ccccc2N2CCCCC2)s1. The average molecular weight is 367 g/mol. The molecule has 1 N–H and O–H groups in total. The molecule has 1 saturated heterocycles. The smallest absolute Gasteiger partial charge is 0.166 e. The lowest BCUT2D eigenvalue weighted by molar-refractivity contribution is 0.578. The van der Waals surface area contributed by atoms with Crippen molar-refractivity contribution in [2.24, 2.45) is 0 Å². The minimum absolute atomic E-state index is 1.07. The van der Waals surface area contributed by atoms with Crippen molar-refractivity contribution in [3.63, 3.8) is 0 Å².